The molecule has 0 radical (unpaired) electrons. The molecule has 94 valence electrons. The summed E-state index contributed by atoms with van der Waals surface area (Å²) in [7, 11) is 5.17. The van der Waals surface area contributed by atoms with Gasteiger partial charge in [-0.3, -0.25) is 0 Å². The molecule has 1 unspecified atom stereocenters. The molecular formula is C10H20O5Si. The Kier molecular flexibility index (Phi) is 6.50. The highest BCUT2D eigenvalue weighted by Gasteiger charge is 2.35. The average Bonchev–Trinajstić information content (AvgIpc) is 2.28. The predicted molar refractivity (Wildman–Crippen MR) is 63.3 cm³/mol. The summed E-state index contributed by atoms with van der Waals surface area (Å²) < 4.78 is 20.7. The molecule has 6 heteroatoms. The molecule has 0 aromatic rings. The van der Waals surface area contributed by atoms with Crippen LogP contribution in [0, 0.1) is 0 Å². The van der Waals surface area contributed by atoms with Crippen molar-refractivity contribution in [2.45, 2.75) is 18.4 Å². The molecule has 5 nitrogen and oxygen atoms in total. The molecule has 0 aromatic carbocycles. The Morgan fingerprint density at radius 1 is 1.38 bits per heavy atom. The molecule has 0 amide bonds. The average molecular weight is 248 g/mol. The van der Waals surface area contributed by atoms with Gasteiger partial charge in [-0.2, -0.15) is 0 Å². The van der Waals surface area contributed by atoms with E-state index in [9.17, 15) is 4.79 Å². The Morgan fingerprint density at radius 2 is 1.88 bits per heavy atom. The molecule has 0 N–H and O–H groups in total. The number of carbonyl (C=O) groups excluding carboxylic acids is 1. The number of hydrogen-bond acceptors (Lipinski definition) is 5. The standard InChI is InChI=1S/C10H20O5Si/c1-7(2)9(11)15-6-8(12-3)10(16,13-4)14-5/h8H,1,6H2,2-5,16H3. The zero-order chi connectivity index (χ0) is 12.8. The Balaban J connectivity index is 4.41. The number of hydrogen-bond donors (Lipinski definition) is 0. The molecule has 0 rings (SSSR count). The van der Waals surface area contributed by atoms with Gasteiger partial charge in [-0.1, -0.05) is 6.58 Å². The minimum Gasteiger partial charge on any atom is -0.459 e. The topological polar surface area (TPSA) is 54.0 Å². The summed E-state index contributed by atoms with van der Waals surface area (Å²) in [5.41, 5.74) is -0.465. The van der Waals surface area contributed by atoms with Crippen molar-refractivity contribution in [1.82, 2.24) is 0 Å². The highest BCUT2D eigenvalue weighted by Crippen LogP contribution is 2.15. The maximum Gasteiger partial charge on any atom is 0.333 e. The first kappa shape index (κ1) is 15.3. The second-order valence-corrected chi connectivity index (χ2v) is 4.92. The van der Waals surface area contributed by atoms with Gasteiger partial charge in [-0.15, -0.1) is 0 Å². The normalized spacial score (nSPS) is 13.5. The van der Waals surface area contributed by atoms with Gasteiger partial charge < -0.3 is 18.9 Å². The number of ether oxygens (including phenoxy) is 4. The van der Waals surface area contributed by atoms with Crippen LogP contribution < -0.4 is 0 Å². The summed E-state index contributed by atoms with van der Waals surface area (Å²) >= 11 is 0. The van der Waals surface area contributed by atoms with E-state index in [4.69, 9.17) is 18.9 Å². The van der Waals surface area contributed by atoms with Gasteiger partial charge >= 0.3 is 5.97 Å². The summed E-state index contributed by atoms with van der Waals surface area (Å²) in [6.45, 7) is 5.16. The highest BCUT2D eigenvalue weighted by molar-refractivity contribution is 6.13. The third-order valence-electron chi connectivity index (χ3n) is 2.39. The molecule has 0 aliphatic rings. The molecule has 0 spiro atoms. The van der Waals surface area contributed by atoms with E-state index < -0.39 is 17.5 Å². The first-order valence-electron chi connectivity index (χ1n) is 4.87. The van der Waals surface area contributed by atoms with Crippen LogP contribution in [0.1, 0.15) is 6.92 Å². The molecule has 0 aliphatic carbocycles. The first-order valence-corrected chi connectivity index (χ1v) is 5.87. The lowest BCUT2D eigenvalue weighted by atomic mass is 10.3. The van der Waals surface area contributed by atoms with Crippen molar-refractivity contribution >= 4 is 16.2 Å². The maximum absolute atomic E-state index is 11.2. The van der Waals surface area contributed by atoms with Crippen molar-refractivity contribution in [1.29, 1.82) is 0 Å². The molecule has 0 fully saturated rings. The minimum atomic E-state index is -0.815. The van der Waals surface area contributed by atoms with Crippen LogP contribution in [0.15, 0.2) is 12.2 Å². The number of esters is 1. The molecule has 0 saturated carbocycles. The lowest BCUT2D eigenvalue weighted by Crippen LogP contribution is -2.50. The Morgan fingerprint density at radius 3 is 2.19 bits per heavy atom. The number of carbonyl (C=O) groups is 1. The Bertz CT molecular complexity index is 250. The third kappa shape index (κ3) is 4.05. The molecule has 0 bridgehead atoms. The fraction of sp³-hybridized carbons (Fsp3) is 0.700. The van der Waals surface area contributed by atoms with Crippen molar-refractivity contribution in [3.63, 3.8) is 0 Å². The van der Waals surface area contributed by atoms with E-state index >= 15 is 0 Å². The van der Waals surface area contributed by atoms with E-state index in [0.717, 1.165) is 0 Å². The number of rotatable bonds is 7. The second-order valence-electron chi connectivity index (χ2n) is 3.53. The zero-order valence-electron chi connectivity index (χ0n) is 10.5. The van der Waals surface area contributed by atoms with Crippen LogP contribution in [0.3, 0.4) is 0 Å². The lowest BCUT2D eigenvalue weighted by molar-refractivity contribution is -0.219. The molecule has 16 heavy (non-hydrogen) atoms. The zero-order valence-corrected chi connectivity index (χ0v) is 12.5. The van der Waals surface area contributed by atoms with Crippen molar-refractivity contribution in [2.24, 2.45) is 0 Å². The van der Waals surface area contributed by atoms with Gasteiger partial charge in [0, 0.05) is 26.9 Å². The molecule has 0 aromatic heterocycles. The molecule has 0 saturated heterocycles. The third-order valence-corrected chi connectivity index (χ3v) is 3.85. The van der Waals surface area contributed by atoms with E-state index in [-0.39, 0.29) is 6.61 Å². The van der Waals surface area contributed by atoms with Gasteiger partial charge in [0.2, 0.25) is 0 Å². The van der Waals surface area contributed by atoms with Crippen LogP contribution in [-0.2, 0) is 23.7 Å². The van der Waals surface area contributed by atoms with Gasteiger partial charge in [0.1, 0.15) is 12.7 Å². The SMILES string of the molecule is C=C(C)C(=O)OCC(OC)C([SiH3])(OC)OC. The van der Waals surface area contributed by atoms with Crippen LogP contribution in [0.2, 0.25) is 0 Å². The molecule has 0 heterocycles. The fourth-order valence-corrected chi connectivity index (χ4v) is 1.46. The van der Waals surface area contributed by atoms with E-state index in [1.807, 2.05) is 0 Å². The molecule has 0 aliphatic heterocycles. The number of methoxy groups -OCH3 is 3. The largest absolute Gasteiger partial charge is 0.459 e. The summed E-state index contributed by atoms with van der Waals surface area (Å²) in [6, 6.07) is 0. The highest BCUT2D eigenvalue weighted by atomic mass is 28.1. The first-order chi connectivity index (χ1) is 7.41. The van der Waals surface area contributed by atoms with Crippen molar-refractivity contribution < 1.29 is 23.7 Å². The summed E-state index contributed by atoms with van der Waals surface area (Å²) in [5, 5.41) is 0. The summed E-state index contributed by atoms with van der Waals surface area (Å²) in [5.74, 6) is -0.446. The van der Waals surface area contributed by atoms with E-state index in [1.54, 1.807) is 6.92 Å². The second kappa shape index (κ2) is 6.80. The summed E-state index contributed by atoms with van der Waals surface area (Å²) in [6.07, 6.45) is -0.447. The van der Waals surface area contributed by atoms with Crippen LogP contribution in [-0.4, -0.2) is 55.7 Å². The van der Waals surface area contributed by atoms with E-state index in [1.165, 1.54) is 21.3 Å². The monoisotopic (exact) mass is 248 g/mol. The van der Waals surface area contributed by atoms with Gasteiger partial charge in [0.15, 0.2) is 5.41 Å². The molecule has 1 atom stereocenters. The smallest absolute Gasteiger partial charge is 0.333 e. The Labute approximate surface area is 99.1 Å². The Hall–Kier alpha value is -0.693. The van der Waals surface area contributed by atoms with Gasteiger partial charge in [0.05, 0.1) is 10.2 Å². The quantitative estimate of drug-likeness (QED) is 0.261. The summed E-state index contributed by atoms with van der Waals surface area (Å²) in [4.78, 5) is 11.2. The minimum absolute atomic E-state index is 0.0768. The lowest BCUT2D eigenvalue weighted by Gasteiger charge is -2.33. The van der Waals surface area contributed by atoms with Gasteiger partial charge in [-0.05, 0) is 6.92 Å². The van der Waals surface area contributed by atoms with E-state index in [0.29, 0.717) is 15.8 Å². The van der Waals surface area contributed by atoms with Crippen LogP contribution in [0.5, 0.6) is 0 Å². The predicted octanol–water partition coefficient (Wildman–Crippen LogP) is -0.567. The fourth-order valence-electron chi connectivity index (χ4n) is 1.05. The van der Waals surface area contributed by atoms with Gasteiger partial charge in [-0.25, -0.2) is 4.79 Å². The van der Waals surface area contributed by atoms with Crippen LogP contribution in [0.4, 0.5) is 0 Å². The van der Waals surface area contributed by atoms with Gasteiger partial charge in [0.25, 0.3) is 0 Å². The van der Waals surface area contributed by atoms with Crippen molar-refractivity contribution in [3.8, 4) is 0 Å². The van der Waals surface area contributed by atoms with Crippen molar-refractivity contribution in [3.05, 3.63) is 12.2 Å². The molecular weight excluding hydrogens is 228 g/mol. The van der Waals surface area contributed by atoms with Crippen LogP contribution in [0.25, 0.3) is 0 Å². The van der Waals surface area contributed by atoms with E-state index in [2.05, 4.69) is 6.58 Å². The van der Waals surface area contributed by atoms with Crippen LogP contribution >= 0.6 is 0 Å². The maximum atomic E-state index is 11.2. The van der Waals surface area contributed by atoms with Crippen molar-refractivity contribution in [2.75, 3.05) is 27.9 Å².